The molecule has 0 fully saturated rings. The van der Waals surface area contributed by atoms with Gasteiger partial charge in [-0.3, -0.25) is 0 Å². The Bertz CT molecular complexity index is 1950. The summed E-state index contributed by atoms with van der Waals surface area (Å²) in [5.41, 5.74) is -7.12. The van der Waals surface area contributed by atoms with Gasteiger partial charge < -0.3 is 35.0 Å². The van der Waals surface area contributed by atoms with Crippen LogP contribution >= 0.6 is 0 Å². The van der Waals surface area contributed by atoms with E-state index in [-0.39, 0.29) is 17.1 Å². The molecule has 0 aliphatic carbocycles. The highest BCUT2D eigenvalue weighted by Crippen LogP contribution is 2.47. The number of aromatic nitrogens is 1. The molecule has 1 aromatic heterocycles. The molecular weight excluding hydrogens is 701 g/mol. The van der Waals surface area contributed by atoms with Gasteiger partial charge in [0.1, 0.15) is 45.3 Å². The zero-order valence-electron chi connectivity index (χ0n) is 30.8. The van der Waals surface area contributed by atoms with Gasteiger partial charge in [-0.05, 0) is 86.1 Å². The number of ether oxygens (including phenoxy) is 4. The third-order valence-corrected chi connectivity index (χ3v) is 6.64. The molecule has 0 radical (unpaired) electrons. The molecule has 0 aliphatic rings. The van der Waals surface area contributed by atoms with Crippen molar-refractivity contribution in [3.05, 3.63) is 64.3 Å². The smallest absolute Gasteiger partial charge is 0.418 e. The first-order chi connectivity index (χ1) is 24.3. The van der Waals surface area contributed by atoms with Crippen LogP contribution in [0.1, 0.15) is 105 Å². The summed E-state index contributed by atoms with van der Waals surface area (Å²) in [6, 6.07) is 8.32. The van der Waals surface area contributed by atoms with Gasteiger partial charge in [-0.15, -0.1) is 0 Å². The van der Waals surface area contributed by atoms with E-state index >= 15 is 13.2 Å². The molecule has 0 spiro atoms. The second kappa shape index (κ2) is 15.4. The number of amides is 2. The van der Waals surface area contributed by atoms with Crippen LogP contribution in [0, 0.1) is 11.3 Å². The van der Waals surface area contributed by atoms with Crippen molar-refractivity contribution in [2.75, 3.05) is 23.2 Å². The molecule has 1 heterocycles. The Kier molecular flexibility index (Phi) is 12.1. The molecular formula is C36H41F3N6O8. The average Bonchev–Trinajstić information content (AvgIpc) is 3.00. The van der Waals surface area contributed by atoms with Crippen LogP contribution < -0.4 is 26.6 Å². The molecule has 5 N–H and O–H groups in total. The Labute approximate surface area is 304 Å². The summed E-state index contributed by atoms with van der Waals surface area (Å²) >= 11 is 0. The lowest BCUT2D eigenvalue weighted by molar-refractivity contribution is -0.139. The highest BCUT2D eigenvalue weighted by molar-refractivity contribution is 6.15. The zero-order valence-corrected chi connectivity index (χ0v) is 30.8. The van der Waals surface area contributed by atoms with Crippen LogP contribution in [0.4, 0.5) is 35.2 Å². The van der Waals surface area contributed by atoms with Crippen molar-refractivity contribution in [3.8, 4) is 22.9 Å². The lowest BCUT2D eigenvalue weighted by atomic mass is 9.91. The number of nitrogen functional groups attached to an aromatic ring is 1. The third-order valence-electron chi connectivity index (χ3n) is 6.64. The van der Waals surface area contributed by atoms with Gasteiger partial charge in [0.15, 0.2) is 11.6 Å². The number of rotatable bonds is 8. The summed E-state index contributed by atoms with van der Waals surface area (Å²) in [5, 5.41) is 14.3. The van der Waals surface area contributed by atoms with Crippen molar-refractivity contribution < 1.29 is 51.3 Å². The number of urea groups is 1. The van der Waals surface area contributed by atoms with E-state index in [0.29, 0.717) is 11.1 Å². The number of carbonyl (C=O) groups is 4. The minimum atomic E-state index is -5.53. The molecule has 17 heteroatoms. The Morgan fingerprint density at radius 3 is 1.68 bits per heavy atom. The Morgan fingerprint density at radius 2 is 1.25 bits per heavy atom. The van der Waals surface area contributed by atoms with Gasteiger partial charge in [0, 0.05) is 17.4 Å². The fraction of sp³-hybridized carbons (Fsp3) is 0.389. The maximum absolute atomic E-state index is 15.3. The van der Waals surface area contributed by atoms with Gasteiger partial charge in [-0.1, -0.05) is 12.1 Å². The number of benzene rings is 2. The molecule has 0 aliphatic heterocycles. The first-order valence-electron chi connectivity index (χ1n) is 15.9. The second-order valence-corrected chi connectivity index (χ2v) is 14.4. The quantitative estimate of drug-likeness (QED) is 0.0769. The highest BCUT2D eigenvalue weighted by atomic mass is 19.4. The molecule has 0 bridgehead atoms. The van der Waals surface area contributed by atoms with Gasteiger partial charge in [0.25, 0.3) is 0 Å². The number of nitrogens with one attached hydrogen (secondary N) is 3. The van der Waals surface area contributed by atoms with Gasteiger partial charge in [-0.2, -0.15) is 18.4 Å². The van der Waals surface area contributed by atoms with Crippen molar-refractivity contribution in [2.45, 2.75) is 85.3 Å². The molecule has 14 nitrogen and oxygen atoms in total. The van der Waals surface area contributed by atoms with E-state index in [0.717, 1.165) is 7.11 Å². The largest absolute Gasteiger partial charge is 0.494 e. The van der Waals surface area contributed by atoms with Crippen LogP contribution in [0.5, 0.6) is 5.75 Å². The molecule has 53 heavy (non-hydrogen) atoms. The topological polar surface area (TPSA) is 204 Å². The van der Waals surface area contributed by atoms with E-state index in [4.69, 9.17) is 24.8 Å². The molecule has 2 aromatic carbocycles. The van der Waals surface area contributed by atoms with Crippen LogP contribution in [0.3, 0.4) is 0 Å². The maximum atomic E-state index is 15.3. The number of hydrogen-bond donors (Lipinski definition) is 4. The lowest BCUT2D eigenvalue weighted by Crippen LogP contribution is -2.34. The van der Waals surface area contributed by atoms with Crippen LogP contribution in [0.15, 0.2) is 36.5 Å². The third kappa shape index (κ3) is 10.3. The number of carbonyl (C=O) groups excluding carboxylic acids is 4. The number of methoxy groups -OCH3 is 1. The summed E-state index contributed by atoms with van der Waals surface area (Å²) < 4.78 is 67.3. The van der Waals surface area contributed by atoms with Gasteiger partial charge in [0.05, 0.1) is 18.2 Å². The summed E-state index contributed by atoms with van der Waals surface area (Å²) in [5.74, 6) is 0.0847. The predicted octanol–water partition coefficient (Wildman–Crippen LogP) is 7.44. The highest BCUT2D eigenvalue weighted by Gasteiger charge is 2.48. The number of pyridine rings is 1. The number of nitriles is 1. The molecule has 0 saturated heterocycles. The van der Waals surface area contributed by atoms with Crippen LogP contribution in [-0.2, 0) is 20.4 Å². The van der Waals surface area contributed by atoms with Crippen molar-refractivity contribution >= 4 is 41.1 Å². The Morgan fingerprint density at radius 1 is 0.755 bits per heavy atom. The molecule has 0 saturated carbocycles. The van der Waals surface area contributed by atoms with Crippen molar-refractivity contribution in [2.24, 2.45) is 5.84 Å². The molecule has 3 rings (SSSR count). The number of hydrazine groups is 1. The van der Waals surface area contributed by atoms with Crippen LogP contribution in [0.2, 0.25) is 0 Å². The van der Waals surface area contributed by atoms with Gasteiger partial charge in [-0.25, -0.2) is 30.0 Å². The summed E-state index contributed by atoms with van der Waals surface area (Å²) in [7, 11) is 0.955. The Hall–Kier alpha value is -5.89. The van der Waals surface area contributed by atoms with E-state index in [1.165, 1.54) is 92.8 Å². The number of alkyl halides is 3. The molecule has 3 aromatic rings. The van der Waals surface area contributed by atoms with E-state index < -0.39 is 80.6 Å². The zero-order chi connectivity index (χ0) is 40.3. The second-order valence-electron chi connectivity index (χ2n) is 14.4. The molecule has 0 unspecified atom stereocenters. The Balaban J connectivity index is 2.32. The van der Waals surface area contributed by atoms with Gasteiger partial charge >= 0.3 is 30.1 Å². The molecule has 0 atom stereocenters. The summed E-state index contributed by atoms with van der Waals surface area (Å²) in [6.45, 7) is 12.6. The van der Waals surface area contributed by atoms with Crippen molar-refractivity contribution in [3.63, 3.8) is 0 Å². The monoisotopic (exact) mass is 742 g/mol. The van der Waals surface area contributed by atoms with Crippen LogP contribution in [0.25, 0.3) is 11.1 Å². The number of nitrogens with zero attached hydrogens (tertiary/aromatic N) is 2. The number of nitrogens with two attached hydrogens (primary N) is 1. The molecule has 284 valence electrons. The molecule has 2 amide bonds. The lowest BCUT2D eigenvalue weighted by Gasteiger charge is -2.29. The fourth-order valence-electron chi connectivity index (χ4n) is 4.86. The fourth-order valence-corrected chi connectivity index (χ4v) is 4.86. The van der Waals surface area contributed by atoms with Crippen molar-refractivity contribution in [1.29, 1.82) is 5.26 Å². The van der Waals surface area contributed by atoms with Crippen LogP contribution in [-0.4, -0.2) is 52.8 Å². The first-order valence-corrected chi connectivity index (χ1v) is 15.9. The first kappa shape index (κ1) is 41.5. The van der Waals surface area contributed by atoms with E-state index in [9.17, 15) is 24.4 Å². The van der Waals surface area contributed by atoms with E-state index in [1.54, 1.807) is 6.07 Å². The maximum Gasteiger partial charge on any atom is 0.418 e. The minimum Gasteiger partial charge on any atom is -0.494 e. The number of anilines is 3. The van der Waals surface area contributed by atoms with Gasteiger partial charge in [0.2, 0.25) is 0 Å². The average molecular weight is 743 g/mol. The number of hydrogen-bond acceptors (Lipinski definition) is 12. The number of esters is 3. The van der Waals surface area contributed by atoms with E-state index in [1.807, 2.05) is 6.07 Å². The number of halogens is 3. The summed E-state index contributed by atoms with van der Waals surface area (Å²) in [4.78, 5) is 58.7. The predicted molar refractivity (Wildman–Crippen MR) is 188 cm³/mol. The SMILES string of the molecule is COc1c(NC(=O)Nc2ccc(-c3ccnc(NN)c3C#N)cc2)c(C(=O)OC(C)(C)C)c(C(F)(F)F)c(C(=O)OC(C)(C)C)c1C(=O)OC(C)(C)C. The minimum absolute atomic E-state index is 0.113. The summed E-state index contributed by atoms with van der Waals surface area (Å²) in [6.07, 6.45) is -4.10. The normalized spacial score (nSPS) is 11.9. The standard InChI is InChI=1S/C36H41F3N6O8/c1-33(2,3)51-29(46)22-23(30(47)52-34(4,5)6)27(50-10)26(24(25(22)36(37,38)39)31(48)53-35(7,8)9)44-32(49)43-19-13-11-18(12-14-19)20-15-16-42-28(45-41)21(20)17-40/h11-16H,41H2,1-10H3,(H,42,45)(H2,43,44,49). The van der Waals surface area contributed by atoms with E-state index in [2.05, 4.69) is 21.0 Å². The van der Waals surface area contributed by atoms with Crippen molar-refractivity contribution in [1.82, 2.24) is 4.98 Å².